The van der Waals surface area contributed by atoms with Gasteiger partial charge in [-0.25, -0.2) is 18.4 Å². The highest BCUT2D eigenvalue weighted by Gasteiger charge is 2.35. The molecule has 0 bridgehead atoms. The Balaban J connectivity index is 1.75. The Morgan fingerprint density at radius 2 is 2.08 bits per heavy atom. The van der Waals surface area contributed by atoms with Crippen LogP contribution in [-0.4, -0.2) is 44.9 Å². The fourth-order valence-electron chi connectivity index (χ4n) is 3.90. The first-order valence-corrected chi connectivity index (χ1v) is 9.15. The maximum atomic E-state index is 14.4. The molecule has 1 saturated carbocycles. The van der Waals surface area contributed by atoms with E-state index in [2.05, 4.69) is 10.1 Å². The summed E-state index contributed by atoms with van der Waals surface area (Å²) in [6.07, 6.45) is 9.04. The van der Waals surface area contributed by atoms with Crippen LogP contribution in [0.15, 0.2) is 30.9 Å². The molecule has 1 N–H and O–H groups in total. The van der Waals surface area contributed by atoms with Crippen LogP contribution in [0.1, 0.15) is 37.7 Å². The molecule has 1 aromatic carbocycles. The van der Waals surface area contributed by atoms with Crippen molar-refractivity contribution in [2.75, 3.05) is 20.1 Å². The SMILES string of the molecule is CN(CCC1CCCC1)CC(O)(Cn1cncn1)c1ccc(F)cc1F. The maximum Gasteiger partial charge on any atom is 0.137 e. The molecule has 0 aliphatic heterocycles. The molecule has 2 aromatic rings. The van der Waals surface area contributed by atoms with E-state index in [0.717, 1.165) is 24.9 Å². The van der Waals surface area contributed by atoms with Crippen LogP contribution in [0.3, 0.4) is 0 Å². The fraction of sp³-hybridized carbons (Fsp3) is 0.579. The second kappa shape index (κ2) is 8.22. The predicted molar refractivity (Wildman–Crippen MR) is 94.3 cm³/mol. The summed E-state index contributed by atoms with van der Waals surface area (Å²) in [4.78, 5) is 5.89. The molecule has 142 valence electrons. The third kappa shape index (κ3) is 4.65. The highest BCUT2D eigenvalue weighted by molar-refractivity contribution is 5.25. The minimum absolute atomic E-state index is 0.0450. The zero-order valence-electron chi connectivity index (χ0n) is 15.1. The number of rotatable bonds is 8. The van der Waals surface area contributed by atoms with Crippen molar-refractivity contribution in [3.63, 3.8) is 0 Å². The topological polar surface area (TPSA) is 54.2 Å². The molecule has 3 rings (SSSR count). The van der Waals surface area contributed by atoms with Gasteiger partial charge in [-0.2, -0.15) is 5.10 Å². The van der Waals surface area contributed by atoms with E-state index < -0.39 is 17.2 Å². The minimum atomic E-state index is -1.53. The second-order valence-corrected chi connectivity index (χ2v) is 7.43. The van der Waals surface area contributed by atoms with Gasteiger partial charge >= 0.3 is 0 Å². The molecule has 1 aromatic heterocycles. The molecule has 0 radical (unpaired) electrons. The van der Waals surface area contributed by atoms with Crippen LogP contribution >= 0.6 is 0 Å². The van der Waals surface area contributed by atoms with Gasteiger partial charge in [0.1, 0.15) is 29.9 Å². The number of benzene rings is 1. The average Bonchev–Trinajstić information content (AvgIpc) is 3.26. The number of hydrogen-bond donors (Lipinski definition) is 1. The Morgan fingerprint density at radius 3 is 2.73 bits per heavy atom. The summed E-state index contributed by atoms with van der Waals surface area (Å²) >= 11 is 0. The summed E-state index contributed by atoms with van der Waals surface area (Å²) in [5.41, 5.74) is -1.46. The largest absolute Gasteiger partial charge is 0.382 e. The average molecular weight is 364 g/mol. The number of likely N-dealkylation sites (N-methyl/N-ethyl adjacent to an activating group) is 1. The Hall–Kier alpha value is -1.86. The zero-order chi connectivity index (χ0) is 18.6. The first kappa shape index (κ1) is 18.9. The number of aromatic nitrogens is 3. The van der Waals surface area contributed by atoms with Crippen LogP contribution in [0, 0.1) is 17.6 Å². The lowest BCUT2D eigenvalue weighted by Crippen LogP contribution is -2.43. The molecule has 1 atom stereocenters. The first-order valence-electron chi connectivity index (χ1n) is 9.15. The van der Waals surface area contributed by atoms with Crippen molar-refractivity contribution in [1.29, 1.82) is 0 Å². The van der Waals surface area contributed by atoms with E-state index in [0.29, 0.717) is 0 Å². The molecule has 1 heterocycles. The Kier molecular flexibility index (Phi) is 5.98. The zero-order valence-corrected chi connectivity index (χ0v) is 15.1. The van der Waals surface area contributed by atoms with Gasteiger partial charge in [-0.05, 0) is 32.0 Å². The second-order valence-electron chi connectivity index (χ2n) is 7.43. The molecule has 7 heteroatoms. The monoisotopic (exact) mass is 364 g/mol. The molecule has 0 saturated heterocycles. The van der Waals surface area contributed by atoms with Crippen LogP contribution < -0.4 is 0 Å². The molecule has 5 nitrogen and oxygen atoms in total. The van der Waals surface area contributed by atoms with Crippen LogP contribution in [0.2, 0.25) is 0 Å². The van der Waals surface area contributed by atoms with Gasteiger partial charge in [-0.15, -0.1) is 0 Å². The van der Waals surface area contributed by atoms with Crippen molar-refractivity contribution >= 4 is 0 Å². The molecule has 1 unspecified atom stereocenters. The lowest BCUT2D eigenvalue weighted by molar-refractivity contribution is -0.0166. The number of halogens is 2. The van der Waals surface area contributed by atoms with Gasteiger partial charge in [0.05, 0.1) is 6.54 Å². The lowest BCUT2D eigenvalue weighted by atomic mass is 9.92. The van der Waals surface area contributed by atoms with E-state index >= 15 is 0 Å². The van der Waals surface area contributed by atoms with Crippen molar-refractivity contribution in [3.05, 3.63) is 48.1 Å². The summed E-state index contributed by atoms with van der Waals surface area (Å²) in [5, 5.41) is 15.3. The molecular weight excluding hydrogens is 338 g/mol. The Labute approximate surface area is 152 Å². The summed E-state index contributed by atoms with van der Waals surface area (Å²) in [6.45, 7) is 1.10. The summed E-state index contributed by atoms with van der Waals surface area (Å²) < 4.78 is 29.2. The summed E-state index contributed by atoms with van der Waals surface area (Å²) in [7, 11) is 1.92. The predicted octanol–water partition coefficient (Wildman–Crippen LogP) is 2.96. The standard InChI is InChI=1S/C19H26F2N4O/c1-24(9-8-15-4-2-3-5-15)11-19(26,12-25-14-22-13-23-25)17-7-6-16(20)10-18(17)21/h6-7,10,13-15,26H,2-5,8-9,11-12H2,1H3. The van der Waals surface area contributed by atoms with Crippen LogP contribution in [0.5, 0.6) is 0 Å². The van der Waals surface area contributed by atoms with Crippen LogP contribution in [0.4, 0.5) is 8.78 Å². The highest BCUT2D eigenvalue weighted by Crippen LogP contribution is 2.30. The Morgan fingerprint density at radius 1 is 1.31 bits per heavy atom. The van der Waals surface area contributed by atoms with Crippen molar-refractivity contribution in [2.45, 2.75) is 44.2 Å². The van der Waals surface area contributed by atoms with Crippen molar-refractivity contribution < 1.29 is 13.9 Å². The highest BCUT2D eigenvalue weighted by atomic mass is 19.1. The van der Waals surface area contributed by atoms with Gasteiger partial charge in [0.15, 0.2) is 0 Å². The summed E-state index contributed by atoms with van der Waals surface area (Å²) in [5.74, 6) is -0.677. The quantitative estimate of drug-likeness (QED) is 0.782. The smallest absolute Gasteiger partial charge is 0.137 e. The number of nitrogens with zero attached hydrogens (tertiary/aromatic N) is 4. The van der Waals surface area contributed by atoms with E-state index in [9.17, 15) is 13.9 Å². The van der Waals surface area contributed by atoms with Gasteiger partial charge in [0.2, 0.25) is 0 Å². The van der Waals surface area contributed by atoms with Gasteiger partial charge < -0.3 is 10.0 Å². The maximum absolute atomic E-state index is 14.4. The molecule has 1 fully saturated rings. The van der Waals surface area contributed by atoms with E-state index in [1.54, 1.807) is 0 Å². The third-order valence-electron chi connectivity index (χ3n) is 5.25. The van der Waals surface area contributed by atoms with E-state index in [-0.39, 0.29) is 18.7 Å². The fourth-order valence-corrected chi connectivity index (χ4v) is 3.90. The van der Waals surface area contributed by atoms with Gasteiger partial charge in [-0.1, -0.05) is 31.7 Å². The number of aliphatic hydroxyl groups is 1. The summed E-state index contributed by atoms with van der Waals surface area (Å²) in [6, 6.07) is 3.29. The first-order chi connectivity index (χ1) is 12.5. The van der Waals surface area contributed by atoms with Gasteiger partial charge in [0, 0.05) is 18.2 Å². The Bertz CT molecular complexity index is 704. The van der Waals surface area contributed by atoms with Crippen molar-refractivity contribution in [1.82, 2.24) is 19.7 Å². The minimum Gasteiger partial charge on any atom is -0.382 e. The van der Waals surface area contributed by atoms with Gasteiger partial charge in [-0.3, -0.25) is 0 Å². The van der Waals surface area contributed by atoms with Crippen molar-refractivity contribution in [2.24, 2.45) is 5.92 Å². The molecule has 1 aliphatic rings. The normalized spacial score (nSPS) is 17.7. The van der Waals surface area contributed by atoms with Gasteiger partial charge in [0.25, 0.3) is 0 Å². The van der Waals surface area contributed by atoms with Crippen LogP contribution in [-0.2, 0) is 12.1 Å². The third-order valence-corrected chi connectivity index (χ3v) is 5.25. The molecule has 0 spiro atoms. The van der Waals surface area contributed by atoms with E-state index in [1.165, 1.54) is 55.2 Å². The lowest BCUT2D eigenvalue weighted by Gasteiger charge is -2.33. The molecule has 0 amide bonds. The number of hydrogen-bond acceptors (Lipinski definition) is 4. The molecule has 26 heavy (non-hydrogen) atoms. The van der Waals surface area contributed by atoms with E-state index in [4.69, 9.17) is 0 Å². The molecule has 1 aliphatic carbocycles. The van der Waals surface area contributed by atoms with E-state index in [1.807, 2.05) is 11.9 Å². The molecular formula is C19H26F2N4O. The van der Waals surface area contributed by atoms with Crippen molar-refractivity contribution in [3.8, 4) is 0 Å². The van der Waals surface area contributed by atoms with Crippen LogP contribution in [0.25, 0.3) is 0 Å².